The Morgan fingerprint density at radius 3 is 2.52 bits per heavy atom. The van der Waals surface area contributed by atoms with Gasteiger partial charge in [0.25, 0.3) is 0 Å². The van der Waals surface area contributed by atoms with Crippen molar-refractivity contribution in [3.8, 4) is 0 Å². The van der Waals surface area contributed by atoms with E-state index in [9.17, 15) is 14.3 Å². The van der Waals surface area contributed by atoms with E-state index >= 15 is 0 Å². The number of aliphatic hydroxyl groups is 1. The van der Waals surface area contributed by atoms with Crippen molar-refractivity contribution in [2.24, 2.45) is 5.41 Å². The minimum atomic E-state index is -0.579. The van der Waals surface area contributed by atoms with E-state index in [1.54, 1.807) is 32.9 Å². The largest absolute Gasteiger partial charge is 0.444 e. The molecule has 0 bridgehead atoms. The Bertz CT molecular complexity index is 485. The summed E-state index contributed by atoms with van der Waals surface area (Å²) in [6.45, 7) is 7.29. The molecule has 1 rings (SSSR count). The summed E-state index contributed by atoms with van der Waals surface area (Å²) >= 11 is 0. The normalized spacial score (nSPS) is 14.4. The second-order valence-electron chi connectivity index (χ2n) is 6.63. The summed E-state index contributed by atoms with van der Waals surface area (Å²) in [5.74, 6) is -0.312. The number of alkyl carbamates (subject to hydrolysis) is 1. The van der Waals surface area contributed by atoms with Crippen molar-refractivity contribution in [1.29, 1.82) is 0 Å². The van der Waals surface area contributed by atoms with Crippen LogP contribution in [0, 0.1) is 11.2 Å². The zero-order valence-electron chi connectivity index (χ0n) is 13.1. The SMILES string of the molecule is CC(CO)(CNC(=O)OC(C)(C)C)Cc1cccc(F)c1. The number of benzene rings is 1. The molecule has 0 aliphatic heterocycles. The van der Waals surface area contributed by atoms with Gasteiger partial charge in [-0.2, -0.15) is 0 Å². The fourth-order valence-corrected chi connectivity index (χ4v) is 1.91. The average Bonchev–Trinajstić information content (AvgIpc) is 2.34. The van der Waals surface area contributed by atoms with Crippen LogP contribution in [-0.2, 0) is 11.2 Å². The maximum absolute atomic E-state index is 13.2. The Kier molecular flexibility index (Phi) is 5.72. The quantitative estimate of drug-likeness (QED) is 0.878. The van der Waals surface area contributed by atoms with Crippen molar-refractivity contribution >= 4 is 6.09 Å². The molecule has 0 saturated heterocycles. The van der Waals surface area contributed by atoms with Crippen molar-refractivity contribution in [3.63, 3.8) is 0 Å². The second kappa shape index (κ2) is 6.89. The van der Waals surface area contributed by atoms with Gasteiger partial charge < -0.3 is 15.2 Å². The Labute approximate surface area is 125 Å². The van der Waals surface area contributed by atoms with Crippen molar-refractivity contribution < 1.29 is 19.0 Å². The Morgan fingerprint density at radius 1 is 1.33 bits per heavy atom. The van der Waals surface area contributed by atoms with Crippen LogP contribution in [-0.4, -0.2) is 30.0 Å². The number of halogens is 1. The summed E-state index contributed by atoms with van der Waals surface area (Å²) in [6, 6.07) is 6.23. The first-order chi connectivity index (χ1) is 9.63. The lowest BCUT2D eigenvalue weighted by Gasteiger charge is -2.28. The number of amides is 1. The summed E-state index contributed by atoms with van der Waals surface area (Å²) in [5.41, 5.74) is -0.370. The first kappa shape index (κ1) is 17.4. The highest BCUT2D eigenvalue weighted by Crippen LogP contribution is 2.22. The fourth-order valence-electron chi connectivity index (χ4n) is 1.91. The van der Waals surface area contributed by atoms with E-state index < -0.39 is 17.1 Å². The molecule has 1 amide bonds. The highest BCUT2D eigenvalue weighted by molar-refractivity contribution is 5.67. The van der Waals surface area contributed by atoms with Gasteiger partial charge in [0.2, 0.25) is 0 Å². The molecule has 1 aromatic rings. The third-order valence-corrected chi connectivity index (χ3v) is 2.96. The van der Waals surface area contributed by atoms with Crippen LogP contribution in [0.2, 0.25) is 0 Å². The first-order valence-corrected chi connectivity index (χ1v) is 6.96. The molecule has 5 heteroatoms. The Morgan fingerprint density at radius 2 is 2.00 bits per heavy atom. The van der Waals surface area contributed by atoms with Gasteiger partial charge in [-0.25, -0.2) is 9.18 Å². The van der Waals surface area contributed by atoms with Gasteiger partial charge in [0.1, 0.15) is 11.4 Å². The summed E-state index contributed by atoms with van der Waals surface area (Å²) in [7, 11) is 0. The third kappa shape index (κ3) is 6.58. The average molecular weight is 297 g/mol. The van der Waals surface area contributed by atoms with Gasteiger partial charge in [0.15, 0.2) is 0 Å². The van der Waals surface area contributed by atoms with Crippen LogP contribution < -0.4 is 5.32 Å². The molecule has 4 nitrogen and oxygen atoms in total. The predicted octanol–water partition coefficient (Wildman–Crippen LogP) is 2.89. The van der Waals surface area contributed by atoms with E-state index in [0.717, 1.165) is 5.56 Å². The standard InChI is InChI=1S/C16H24FNO3/c1-15(2,3)21-14(20)18-10-16(4,11-19)9-12-6-5-7-13(17)8-12/h5-8,19H,9-11H2,1-4H3,(H,18,20). The fraction of sp³-hybridized carbons (Fsp3) is 0.562. The third-order valence-electron chi connectivity index (χ3n) is 2.96. The first-order valence-electron chi connectivity index (χ1n) is 6.96. The molecule has 1 unspecified atom stereocenters. The molecule has 118 valence electrons. The van der Waals surface area contributed by atoms with Crippen LogP contribution in [0.3, 0.4) is 0 Å². The molecule has 0 heterocycles. The number of hydrogen-bond acceptors (Lipinski definition) is 3. The number of aliphatic hydroxyl groups excluding tert-OH is 1. The molecule has 2 N–H and O–H groups in total. The monoisotopic (exact) mass is 297 g/mol. The van der Waals surface area contributed by atoms with E-state index in [1.165, 1.54) is 12.1 Å². The molecule has 0 aliphatic carbocycles. The number of rotatable bonds is 5. The van der Waals surface area contributed by atoms with Crippen LogP contribution in [0.4, 0.5) is 9.18 Å². The maximum Gasteiger partial charge on any atom is 0.407 e. The zero-order valence-corrected chi connectivity index (χ0v) is 13.1. The number of ether oxygens (including phenoxy) is 1. The van der Waals surface area contributed by atoms with Crippen LogP contribution in [0.5, 0.6) is 0 Å². The lowest BCUT2D eigenvalue weighted by molar-refractivity contribution is 0.0478. The number of carbonyl (C=O) groups excluding carboxylic acids is 1. The van der Waals surface area contributed by atoms with Gasteiger partial charge in [0.05, 0.1) is 6.61 Å². The van der Waals surface area contributed by atoms with Crippen LogP contribution in [0.25, 0.3) is 0 Å². The summed E-state index contributed by atoms with van der Waals surface area (Å²) in [6.07, 6.45) is -0.0711. The molecule has 21 heavy (non-hydrogen) atoms. The van der Waals surface area contributed by atoms with E-state index in [0.29, 0.717) is 6.42 Å². The van der Waals surface area contributed by atoms with Crippen LogP contribution >= 0.6 is 0 Å². The molecule has 0 fully saturated rings. The van der Waals surface area contributed by atoms with E-state index in [2.05, 4.69) is 5.32 Å². The van der Waals surface area contributed by atoms with Crippen molar-refractivity contribution in [2.75, 3.05) is 13.2 Å². The molecule has 1 aromatic carbocycles. The van der Waals surface area contributed by atoms with Crippen molar-refractivity contribution in [3.05, 3.63) is 35.6 Å². The van der Waals surface area contributed by atoms with Gasteiger partial charge in [-0.3, -0.25) is 0 Å². The lowest BCUT2D eigenvalue weighted by atomic mass is 9.84. The Hall–Kier alpha value is -1.62. The number of hydrogen-bond donors (Lipinski definition) is 2. The summed E-state index contributed by atoms with van der Waals surface area (Å²) in [4.78, 5) is 11.7. The second-order valence-corrected chi connectivity index (χ2v) is 6.63. The molecular formula is C16H24FNO3. The van der Waals surface area contributed by atoms with Crippen molar-refractivity contribution in [1.82, 2.24) is 5.32 Å². The number of nitrogens with one attached hydrogen (secondary N) is 1. The maximum atomic E-state index is 13.2. The van der Waals surface area contributed by atoms with Gasteiger partial charge >= 0.3 is 6.09 Å². The zero-order chi connectivity index (χ0) is 16.1. The van der Waals surface area contributed by atoms with Gasteiger partial charge in [-0.05, 0) is 44.9 Å². The van der Waals surface area contributed by atoms with Gasteiger partial charge in [-0.15, -0.1) is 0 Å². The van der Waals surface area contributed by atoms with Gasteiger partial charge in [-0.1, -0.05) is 19.1 Å². The van der Waals surface area contributed by atoms with Crippen LogP contribution in [0.1, 0.15) is 33.3 Å². The minimum absolute atomic E-state index is 0.126. The molecule has 0 aliphatic rings. The highest BCUT2D eigenvalue weighted by atomic mass is 19.1. The lowest BCUT2D eigenvalue weighted by Crippen LogP contribution is -2.41. The highest BCUT2D eigenvalue weighted by Gasteiger charge is 2.26. The topological polar surface area (TPSA) is 58.6 Å². The predicted molar refractivity (Wildman–Crippen MR) is 79.5 cm³/mol. The molecule has 1 atom stereocenters. The van der Waals surface area contributed by atoms with Gasteiger partial charge in [0, 0.05) is 12.0 Å². The summed E-state index contributed by atoms with van der Waals surface area (Å²) in [5, 5.41) is 12.2. The Balaban J connectivity index is 2.62. The molecule has 0 aromatic heterocycles. The van der Waals surface area contributed by atoms with Crippen LogP contribution in [0.15, 0.2) is 24.3 Å². The van der Waals surface area contributed by atoms with E-state index in [4.69, 9.17) is 4.74 Å². The molecule has 0 saturated carbocycles. The smallest absolute Gasteiger partial charge is 0.407 e. The summed E-state index contributed by atoms with van der Waals surface area (Å²) < 4.78 is 18.3. The van der Waals surface area contributed by atoms with E-state index in [-0.39, 0.29) is 19.0 Å². The van der Waals surface area contributed by atoms with E-state index in [1.807, 2.05) is 6.92 Å². The number of carbonyl (C=O) groups is 1. The molecule has 0 radical (unpaired) electrons. The molecule has 0 spiro atoms. The van der Waals surface area contributed by atoms with Crippen molar-refractivity contribution in [2.45, 2.75) is 39.7 Å². The minimum Gasteiger partial charge on any atom is -0.444 e. The molecular weight excluding hydrogens is 273 g/mol.